The van der Waals surface area contributed by atoms with E-state index in [1.807, 2.05) is 0 Å². The third kappa shape index (κ3) is 1.94. The van der Waals surface area contributed by atoms with Crippen LogP contribution in [-0.4, -0.2) is 30.8 Å². The normalized spacial score (nSPS) is 10.4. The summed E-state index contributed by atoms with van der Waals surface area (Å²) in [5.41, 5.74) is 0.510. The highest BCUT2D eigenvalue weighted by Gasteiger charge is 2.11. The van der Waals surface area contributed by atoms with Crippen LogP contribution in [0.25, 0.3) is 0 Å². The largest absolute Gasteiger partial charge is 0.388 e. The molecule has 0 aliphatic rings. The molecule has 3 N–H and O–H groups in total. The quantitative estimate of drug-likeness (QED) is 0.673. The average molecular weight is 221 g/mol. The minimum absolute atomic E-state index is 0.148. The third-order valence-corrected chi connectivity index (χ3v) is 2.08. The van der Waals surface area contributed by atoms with E-state index in [9.17, 15) is 4.79 Å². The Balaban J connectivity index is 2.11. The number of nitrogens with zero attached hydrogens (tertiary/aromatic N) is 3. The first-order valence-electron chi connectivity index (χ1n) is 4.65. The highest BCUT2D eigenvalue weighted by molar-refractivity contribution is 6.02. The smallest absolute Gasteiger partial charge is 0.274 e. The van der Waals surface area contributed by atoms with E-state index in [0.29, 0.717) is 11.5 Å². The van der Waals surface area contributed by atoms with Crippen LogP contribution < -0.4 is 5.32 Å². The van der Waals surface area contributed by atoms with Gasteiger partial charge in [-0.15, -0.1) is 5.10 Å². The van der Waals surface area contributed by atoms with Gasteiger partial charge in [0.1, 0.15) is 12.3 Å². The standard InChI is InChI=1S/C9H11N5O2/c1-14-4-2-3-6(14)8(16)11-9-10-7(5-15)12-13-9/h2-4,15H,5H2,1H3,(H2,10,11,12,13,16). The van der Waals surface area contributed by atoms with Gasteiger partial charge in [-0.1, -0.05) is 0 Å². The number of aryl methyl sites for hydroxylation is 1. The fourth-order valence-electron chi connectivity index (χ4n) is 1.28. The second-order valence-electron chi connectivity index (χ2n) is 3.22. The lowest BCUT2D eigenvalue weighted by Gasteiger charge is -2.01. The van der Waals surface area contributed by atoms with Crippen molar-refractivity contribution in [2.45, 2.75) is 6.61 Å². The maximum absolute atomic E-state index is 11.7. The molecule has 7 heteroatoms. The number of hydrogen-bond donors (Lipinski definition) is 3. The lowest BCUT2D eigenvalue weighted by Crippen LogP contribution is -2.16. The van der Waals surface area contributed by atoms with Gasteiger partial charge in [0.25, 0.3) is 5.91 Å². The predicted molar refractivity (Wildman–Crippen MR) is 55.7 cm³/mol. The number of amides is 1. The first-order chi connectivity index (χ1) is 7.70. The molecule has 2 rings (SSSR count). The summed E-state index contributed by atoms with van der Waals surface area (Å²) in [6.07, 6.45) is 1.77. The maximum Gasteiger partial charge on any atom is 0.274 e. The molecule has 0 radical (unpaired) electrons. The lowest BCUT2D eigenvalue weighted by atomic mass is 10.4. The molecule has 84 valence electrons. The number of aromatic nitrogens is 4. The molecule has 1 amide bonds. The number of aliphatic hydroxyl groups is 1. The van der Waals surface area contributed by atoms with Crippen LogP contribution in [0, 0.1) is 0 Å². The molecule has 0 aliphatic carbocycles. The van der Waals surface area contributed by atoms with E-state index in [-0.39, 0.29) is 18.5 Å². The van der Waals surface area contributed by atoms with Crippen LogP contribution >= 0.6 is 0 Å². The van der Waals surface area contributed by atoms with E-state index in [1.165, 1.54) is 0 Å². The summed E-state index contributed by atoms with van der Waals surface area (Å²) in [4.78, 5) is 15.6. The summed E-state index contributed by atoms with van der Waals surface area (Å²) in [6.45, 7) is -0.243. The molecule has 0 saturated heterocycles. The number of nitrogens with one attached hydrogen (secondary N) is 2. The molecule has 0 bridgehead atoms. The molecule has 0 fully saturated rings. The highest BCUT2D eigenvalue weighted by atomic mass is 16.3. The Morgan fingerprint density at radius 1 is 1.69 bits per heavy atom. The Kier molecular flexibility index (Phi) is 2.69. The van der Waals surface area contributed by atoms with Gasteiger partial charge in [-0.3, -0.25) is 15.2 Å². The van der Waals surface area contributed by atoms with Gasteiger partial charge in [-0.25, -0.2) is 0 Å². The Morgan fingerprint density at radius 2 is 2.50 bits per heavy atom. The molecule has 2 aromatic rings. The highest BCUT2D eigenvalue weighted by Crippen LogP contribution is 2.04. The predicted octanol–water partition coefficient (Wildman–Crippen LogP) is -0.112. The number of hydrogen-bond acceptors (Lipinski definition) is 4. The van der Waals surface area contributed by atoms with Crippen LogP contribution in [0.3, 0.4) is 0 Å². The van der Waals surface area contributed by atoms with E-state index in [1.54, 1.807) is 29.9 Å². The Morgan fingerprint density at radius 3 is 3.06 bits per heavy atom. The molecule has 0 atom stereocenters. The summed E-state index contributed by atoms with van der Waals surface area (Å²) in [5, 5.41) is 17.5. The van der Waals surface area contributed by atoms with Gasteiger partial charge in [0, 0.05) is 13.2 Å². The van der Waals surface area contributed by atoms with Gasteiger partial charge in [-0.05, 0) is 12.1 Å². The second-order valence-corrected chi connectivity index (χ2v) is 3.22. The Labute approximate surface area is 91.1 Å². The van der Waals surface area contributed by atoms with Crippen molar-refractivity contribution in [2.24, 2.45) is 7.05 Å². The van der Waals surface area contributed by atoms with Crippen molar-refractivity contribution in [1.82, 2.24) is 19.7 Å². The zero-order valence-corrected chi connectivity index (χ0v) is 8.64. The summed E-state index contributed by atoms with van der Waals surface area (Å²) < 4.78 is 1.69. The summed E-state index contributed by atoms with van der Waals surface area (Å²) in [5.74, 6) is 0.161. The average Bonchev–Trinajstić information content (AvgIpc) is 2.86. The van der Waals surface area contributed by atoms with Crippen molar-refractivity contribution in [2.75, 3.05) is 5.32 Å². The van der Waals surface area contributed by atoms with Gasteiger partial charge in [0.15, 0.2) is 5.82 Å². The number of anilines is 1. The van der Waals surface area contributed by atoms with E-state index < -0.39 is 0 Å². The molecule has 16 heavy (non-hydrogen) atoms. The zero-order valence-electron chi connectivity index (χ0n) is 8.64. The molecule has 7 nitrogen and oxygen atoms in total. The van der Waals surface area contributed by atoms with Crippen molar-refractivity contribution in [1.29, 1.82) is 0 Å². The van der Waals surface area contributed by atoms with Gasteiger partial charge in [0.2, 0.25) is 5.95 Å². The zero-order chi connectivity index (χ0) is 11.5. The molecular weight excluding hydrogens is 210 g/mol. The van der Waals surface area contributed by atoms with Gasteiger partial charge in [0.05, 0.1) is 0 Å². The van der Waals surface area contributed by atoms with E-state index in [2.05, 4.69) is 20.5 Å². The minimum atomic E-state index is -0.295. The minimum Gasteiger partial charge on any atom is -0.388 e. The summed E-state index contributed by atoms with van der Waals surface area (Å²) in [7, 11) is 1.77. The SMILES string of the molecule is Cn1cccc1C(=O)Nc1n[nH]c(CO)n1. The molecule has 0 unspecified atom stereocenters. The van der Waals surface area contributed by atoms with Crippen LogP contribution in [0.1, 0.15) is 16.3 Å². The fraction of sp³-hybridized carbons (Fsp3) is 0.222. The molecule has 2 heterocycles. The van der Waals surface area contributed by atoms with E-state index in [4.69, 9.17) is 5.11 Å². The number of H-pyrrole nitrogens is 1. The monoisotopic (exact) mass is 221 g/mol. The second kappa shape index (κ2) is 4.15. The Hall–Kier alpha value is -2.15. The van der Waals surface area contributed by atoms with E-state index in [0.717, 1.165) is 0 Å². The van der Waals surface area contributed by atoms with Crippen LogP contribution in [-0.2, 0) is 13.7 Å². The van der Waals surface area contributed by atoms with E-state index >= 15 is 0 Å². The number of carbonyl (C=O) groups is 1. The molecule has 0 aliphatic heterocycles. The van der Waals surface area contributed by atoms with Crippen LogP contribution in [0.4, 0.5) is 5.95 Å². The van der Waals surface area contributed by atoms with Gasteiger partial charge < -0.3 is 9.67 Å². The number of aliphatic hydroxyl groups excluding tert-OH is 1. The molecule has 2 aromatic heterocycles. The van der Waals surface area contributed by atoms with Crippen molar-refractivity contribution in [3.8, 4) is 0 Å². The van der Waals surface area contributed by atoms with Crippen molar-refractivity contribution in [3.63, 3.8) is 0 Å². The van der Waals surface area contributed by atoms with Crippen molar-refractivity contribution >= 4 is 11.9 Å². The molecular formula is C9H11N5O2. The third-order valence-electron chi connectivity index (χ3n) is 2.08. The summed E-state index contributed by atoms with van der Waals surface area (Å²) in [6, 6.07) is 3.46. The van der Waals surface area contributed by atoms with Crippen molar-refractivity contribution < 1.29 is 9.90 Å². The lowest BCUT2D eigenvalue weighted by molar-refractivity contribution is 0.101. The van der Waals surface area contributed by atoms with Crippen LogP contribution in [0.2, 0.25) is 0 Å². The van der Waals surface area contributed by atoms with Crippen LogP contribution in [0.15, 0.2) is 18.3 Å². The van der Waals surface area contributed by atoms with Crippen molar-refractivity contribution in [3.05, 3.63) is 29.8 Å². The fourth-order valence-corrected chi connectivity index (χ4v) is 1.28. The number of aromatic amines is 1. The Bertz CT molecular complexity index is 501. The maximum atomic E-state index is 11.7. The molecule has 0 spiro atoms. The van der Waals surface area contributed by atoms with Crippen LogP contribution in [0.5, 0.6) is 0 Å². The van der Waals surface area contributed by atoms with Gasteiger partial charge in [-0.2, -0.15) is 4.98 Å². The molecule has 0 saturated carbocycles. The first-order valence-corrected chi connectivity index (χ1v) is 4.65. The first kappa shape index (κ1) is 10.4. The molecule has 0 aromatic carbocycles. The summed E-state index contributed by atoms with van der Waals surface area (Å²) >= 11 is 0. The van der Waals surface area contributed by atoms with Gasteiger partial charge >= 0.3 is 0 Å². The number of carbonyl (C=O) groups excluding carboxylic acids is 1. The topological polar surface area (TPSA) is 95.8 Å². The number of rotatable bonds is 3.